The lowest BCUT2D eigenvalue weighted by Crippen LogP contribution is -3.00. The molecule has 2 aromatic carbocycles. The summed E-state index contributed by atoms with van der Waals surface area (Å²) in [6.45, 7) is 2.71. The van der Waals surface area contributed by atoms with Crippen LogP contribution in [0.4, 0.5) is 18.9 Å². The van der Waals surface area contributed by atoms with Crippen LogP contribution >= 0.6 is 46.0 Å². The van der Waals surface area contributed by atoms with Crippen LogP contribution in [0.1, 0.15) is 23.1 Å². The molecular formula is C25H20Cl2F3N3OS3. The van der Waals surface area contributed by atoms with E-state index >= 15 is 0 Å². The normalized spacial score (nSPS) is 15.2. The van der Waals surface area contributed by atoms with Gasteiger partial charge < -0.3 is 17.3 Å². The van der Waals surface area contributed by atoms with Gasteiger partial charge in [-0.25, -0.2) is 0 Å². The minimum absolute atomic E-state index is 0. The molecule has 0 spiro atoms. The first-order valence-corrected chi connectivity index (χ1v) is 13.8. The number of aromatic nitrogens is 2. The smallest absolute Gasteiger partial charge is 0.416 e. The van der Waals surface area contributed by atoms with Gasteiger partial charge in [-0.3, -0.25) is 9.36 Å². The number of halogens is 5. The lowest BCUT2D eigenvalue weighted by atomic mass is 10.1. The van der Waals surface area contributed by atoms with Crippen molar-refractivity contribution in [1.29, 1.82) is 0 Å². The van der Waals surface area contributed by atoms with Crippen molar-refractivity contribution in [2.75, 3.05) is 11.9 Å². The fourth-order valence-electron chi connectivity index (χ4n) is 4.01. The number of hydrogen-bond acceptors (Lipinski definition) is 5. The highest BCUT2D eigenvalue weighted by molar-refractivity contribution is 8.08. The summed E-state index contributed by atoms with van der Waals surface area (Å²) in [5, 5.41) is 4.23. The number of hydrogen-bond donors (Lipinski definition) is 0. The summed E-state index contributed by atoms with van der Waals surface area (Å²) >= 11 is 10.6. The molecule has 0 saturated carbocycles. The number of nitrogens with zero attached hydrogens (tertiary/aromatic N) is 3. The summed E-state index contributed by atoms with van der Waals surface area (Å²) in [7, 11) is 1.93. The third kappa shape index (κ3) is 5.49. The van der Waals surface area contributed by atoms with Gasteiger partial charge in [0.05, 0.1) is 22.7 Å². The minimum atomic E-state index is -4.39. The van der Waals surface area contributed by atoms with E-state index < -0.39 is 11.7 Å². The van der Waals surface area contributed by atoms with E-state index in [1.165, 1.54) is 46.6 Å². The van der Waals surface area contributed by atoms with Crippen LogP contribution in [0.5, 0.6) is 0 Å². The second-order valence-electron chi connectivity index (χ2n) is 8.11. The van der Waals surface area contributed by atoms with Crippen molar-refractivity contribution < 1.29 is 30.1 Å². The zero-order valence-electron chi connectivity index (χ0n) is 19.6. The summed E-state index contributed by atoms with van der Waals surface area (Å²) in [5.74, 6) is 0. The van der Waals surface area contributed by atoms with Crippen LogP contribution in [0.25, 0.3) is 11.1 Å². The first kappa shape index (κ1) is 27.8. The van der Waals surface area contributed by atoms with Crippen molar-refractivity contribution in [2.24, 2.45) is 0 Å². The lowest BCUT2D eigenvalue weighted by molar-refractivity contribution is -0.685. The highest BCUT2D eigenvalue weighted by Crippen LogP contribution is 2.46. The zero-order chi connectivity index (χ0) is 25.6. The molecule has 4 nitrogen and oxygen atoms in total. The monoisotopic (exact) mass is 601 g/mol. The second-order valence-corrected chi connectivity index (χ2v) is 11.5. The number of rotatable bonds is 4. The third-order valence-electron chi connectivity index (χ3n) is 5.78. The molecule has 0 radical (unpaired) electrons. The van der Waals surface area contributed by atoms with Gasteiger partial charge >= 0.3 is 6.18 Å². The quantitative estimate of drug-likeness (QED) is 0.336. The van der Waals surface area contributed by atoms with Gasteiger partial charge in [0.25, 0.3) is 10.6 Å². The van der Waals surface area contributed by atoms with Crippen LogP contribution in [0.2, 0.25) is 5.02 Å². The Bertz CT molecular complexity index is 1640. The maximum absolute atomic E-state index is 13.4. The van der Waals surface area contributed by atoms with Crippen LogP contribution in [0, 0.1) is 0 Å². The molecule has 0 aliphatic carbocycles. The van der Waals surface area contributed by atoms with E-state index in [0.717, 1.165) is 31.3 Å². The molecular weight excluding hydrogens is 582 g/mol. The molecule has 4 aromatic rings. The van der Waals surface area contributed by atoms with Crippen molar-refractivity contribution in [1.82, 2.24) is 4.57 Å². The van der Waals surface area contributed by atoms with Crippen molar-refractivity contribution in [2.45, 2.75) is 31.1 Å². The number of anilines is 1. The molecule has 37 heavy (non-hydrogen) atoms. The Labute approximate surface area is 234 Å². The van der Waals surface area contributed by atoms with E-state index in [1.807, 2.05) is 59.3 Å². The first-order chi connectivity index (χ1) is 17.2. The molecule has 1 aliphatic heterocycles. The maximum atomic E-state index is 13.4. The summed E-state index contributed by atoms with van der Waals surface area (Å²) in [4.78, 5) is 16.4. The summed E-state index contributed by atoms with van der Waals surface area (Å²) in [5.41, 5.74) is 0.820. The lowest BCUT2D eigenvalue weighted by Gasteiger charge is -2.12. The van der Waals surface area contributed by atoms with E-state index in [9.17, 15) is 18.0 Å². The third-order valence-corrected chi connectivity index (χ3v) is 9.34. The number of benzene rings is 2. The average Bonchev–Trinajstić information content (AvgIpc) is 3.49. The molecule has 1 aliphatic rings. The summed E-state index contributed by atoms with van der Waals surface area (Å²) < 4.78 is 44.5. The molecule has 0 bridgehead atoms. The van der Waals surface area contributed by atoms with Gasteiger partial charge in [0.1, 0.15) is 14.2 Å². The van der Waals surface area contributed by atoms with Crippen molar-refractivity contribution in [3.63, 3.8) is 0 Å². The first-order valence-electron chi connectivity index (χ1n) is 11.0. The molecule has 0 saturated heterocycles. The predicted molar refractivity (Wildman–Crippen MR) is 141 cm³/mol. The van der Waals surface area contributed by atoms with Crippen molar-refractivity contribution in [3.05, 3.63) is 94.7 Å². The molecule has 0 unspecified atom stereocenters. The molecule has 12 heteroatoms. The zero-order valence-corrected chi connectivity index (χ0v) is 23.5. The highest BCUT2D eigenvalue weighted by Gasteiger charge is 2.31. The van der Waals surface area contributed by atoms with Crippen LogP contribution < -0.4 is 36.6 Å². The van der Waals surface area contributed by atoms with E-state index in [2.05, 4.69) is 0 Å². The fraction of sp³-hybridized carbons (Fsp3) is 0.200. The van der Waals surface area contributed by atoms with Crippen LogP contribution in [-0.2, 0) is 19.3 Å². The van der Waals surface area contributed by atoms with E-state index in [0.29, 0.717) is 28.2 Å². The molecule has 0 fully saturated rings. The van der Waals surface area contributed by atoms with E-state index in [4.69, 9.17) is 11.6 Å². The topological polar surface area (TPSA) is 29.1 Å². The van der Waals surface area contributed by atoms with Gasteiger partial charge in [-0.15, -0.1) is 11.3 Å². The number of alkyl halides is 3. The molecule has 0 amide bonds. The minimum Gasteiger partial charge on any atom is -1.00 e. The SMILES string of the molecule is CCn1c(=O)/c(=C2\Sc3cc(Cl)ccc3N2C)s/c1=C\c1scc[n+]1Cc1cccc(C(F)(F)F)c1.[Cl-]. The molecule has 3 heterocycles. The summed E-state index contributed by atoms with van der Waals surface area (Å²) in [6, 6.07) is 11.0. The molecule has 194 valence electrons. The molecule has 5 rings (SSSR count). The van der Waals surface area contributed by atoms with Gasteiger partial charge in [-0.2, -0.15) is 17.7 Å². The van der Waals surface area contributed by atoms with Crippen molar-refractivity contribution >= 4 is 62.8 Å². The summed E-state index contributed by atoms with van der Waals surface area (Å²) in [6.07, 6.45) is -0.611. The molecule has 0 atom stereocenters. The Morgan fingerprint density at radius 1 is 1.16 bits per heavy atom. The highest BCUT2D eigenvalue weighted by atomic mass is 35.5. The Morgan fingerprint density at radius 3 is 2.68 bits per heavy atom. The predicted octanol–water partition coefficient (Wildman–Crippen LogP) is 2.14. The average molecular weight is 603 g/mol. The Kier molecular flexibility index (Phi) is 8.16. The molecule has 2 aromatic heterocycles. The van der Waals surface area contributed by atoms with E-state index in [-0.39, 0.29) is 18.0 Å². The Morgan fingerprint density at radius 2 is 1.95 bits per heavy atom. The number of fused-ring (bicyclic) bond motifs is 1. The van der Waals surface area contributed by atoms with Crippen LogP contribution in [-0.4, -0.2) is 11.6 Å². The van der Waals surface area contributed by atoms with Gasteiger partial charge in [0, 0.05) is 29.1 Å². The largest absolute Gasteiger partial charge is 1.00 e. The van der Waals surface area contributed by atoms with Crippen LogP contribution in [0.15, 0.2) is 63.7 Å². The molecule has 0 N–H and O–H groups in total. The van der Waals surface area contributed by atoms with Gasteiger partial charge in [-0.1, -0.05) is 46.8 Å². The Hall–Kier alpha value is -2.24. The van der Waals surface area contributed by atoms with Crippen molar-refractivity contribution in [3.8, 4) is 0 Å². The van der Waals surface area contributed by atoms with E-state index in [1.54, 1.807) is 10.6 Å². The Balaban J connectivity index is 0.00000320. The fourth-order valence-corrected chi connectivity index (χ4v) is 7.60. The number of thiazole rings is 2. The van der Waals surface area contributed by atoms with Gasteiger partial charge in [0.15, 0.2) is 12.7 Å². The second kappa shape index (κ2) is 10.9. The standard InChI is InChI=1S/C25H20ClF3N3OS3.ClH/c1-3-32-21(36-22(23(32)33)24-30(2)18-8-7-17(26)12-19(18)35-24)13-20-31(9-10-34-20)14-15-5-4-6-16(11-15)25(27,28)29;/h4-13H,3,14H2,1-2H3;1H/q+1;/p-1/b24-22+;. The van der Waals surface area contributed by atoms with Gasteiger partial charge in [0.2, 0.25) is 0 Å². The number of thioether (sulfide) groups is 1. The van der Waals surface area contributed by atoms with Gasteiger partial charge in [-0.05, 0) is 37.3 Å². The maximum Gasteiger partial charge on any atom is 0.416 e. The van der Waals surface area contributed by atoms with Crippen LogP contribution in [0.3, 0.4) is 0 Å².